The van der Waals surface area contributed by atoms with Crippen molar-refractivity contribution in [2.75, 3.05) is 16.8 Å². The van der Waals surface area contributed by atoms with Crippen LogP contribution in [0.5, 0.6) is 0 Å². The molecule has 0 heterocycles. The van der Waals surface area contributed by atoms with Gasteiger partial charge in [0.25, 0.3) is 0 Å². The molecule has 0 radical (unpaired) electrons. The number of hydrogen-bond donors (Lipinski definition) is 1. The Bertz CT molecular complexity index is 742. The number of anilines is 2. The first kappa shape index (κ1) is 18.0. The highest BCUT2D eigenvalue weighted by atomic mass is 35.5. The van der Waals surface area contributed by atoms with E-state index in [0.717, 1.165) is 22.5 Å². The van der Waals surface area contributed by atoms with Crippen molar-refractivity contribution in [3.63, 3.8) is 0 Å². The number of nitrogens with one attached hydrogen (secondary N) is 1. The van der Waals surface area contributed by atoms with Crippen molar-refractivity contribution in [1.82, 2.24) is 0 Å². The zero-order valence-electron chi connectivity index (χ0n) is 14.1. The number of benzene rings is 2. The fourth-order valence-corrected chi connectivity index (χ4v) is 2.51. The molecule has 0 bridgehead atoms. The quantitative estimate of drug-likeness (QED) is 0.877. The van der Waals surface area contributed by atoms with Crippen molar-refractivity contribution in [2.45, 2.75) is 27.2 Å². The standard InChI is InChI=1S/C19H21ClN2O2/c1-13-4-5-14(2)18(12-13)21-19(24)10-11-22(15(3)23)17-8-6-16(20)7-9-17/h4-9,12H,10-11H2,1-3H3,(H,21,24). The average Bonchev–Trinajstić information content (AvgIpc) is 2.52. The first-order valence-corrected chi connectivity index (χ1v) is 8.15. The molecule has 0 fully saturated rings. The second-order valence-electron chi connectivity index (χ2n) is 5.76. The number of rotatable bonds is 5. The van der Waals surface area contributed by atoms with E-state index in [-0.39, 0.29) is 18.2 Å². The molecule has 2 amide bonds. The van der Waals surface area contributed by atoms with E-state index < -0.39 is 0 Å². The van der Waals surface area contributed by atoms with Gasteiger partial charge in [0.15, 0.2) is 0 Å². The Hall–Kier alpha value is -2.33. The van der Waals surface area contributed by atoms with Crippen molar-refractivity contribution in [3.05, 3.63) is 58.6 Å². The van der Waals surface area contributed by atoms with Gasteiger partial charge in [0, 0.05) is 36.3 Å². The monoisotopic (exact) mass is 344 g/mol. The van der Waals surface area contributed by atoms with Crippen LogP contribution in [0.3, 0.4) is 0 Å². The summed E-state index contributed by atoms with van der Waals surface area (Å²) in [5.74, 6) is -0.235. The van der Waals surface area contributed by atoms with Crippen molar-refractivity contribution in [1.29, 1.82) is 0 Å². The number of carbonyl (C=O) groups excluding carboxylic acids is 2. The second-order valence-corrected chi connectivity index (χ2v) is 6.20. The molecule has 0 aliphatic carbocycles. The lowest BCUT2D eigenvalue weighted by molar-refractivity contribution is -0.117. The molecule has 1 N–H and O–H groups in total. The van der Waals surface area contributed by atoms with Gasteiger partial charge in [-0.15, -0.1) is 0 Å². The van der Waals surface area contributed by atoms with Gasteiger partial charge in [-0.1, -0.05) is 23.7 Å². The first-order chi connectivity index (χ1) is 11.4. The largest absolute Gasteiger partial charge is 0.326 e. The van der Waals surface area contributed by atoms with E-state index >= 15 is 0 Å². The molecular formula is C19H21ClN2O2. The molecule has 4 nitrogen and oxygen atoms in total. The Labute approximate surface area is 147 Å². The van der Waals surface area contributed by atoms with E-state index in [1.54, 1.807) is 29.2 Å². The minimum absolute atomic E-state index is 0.114. The van der Waals surface area contributed by atoms with E-state index in [1.807, 2.05) is 32.0 Å². The maximum absolute atomic E-state index is 12.2. The van der Waals surface area contributed by atoms with Gasteiger partial charge in [-0.2, -0.15) is 0 Å². The van der Waals surface area contributed by atoms with Crippen LogP contribution in [0.2, 0.25) is 5.02 Å². The van der Waals surface area contributed by atoms with E-state index in [2.05, 4.69) is 5.32 Å². The van der Waals surface area contributed by atoms with E-state index in [9.17, 15) is 9.59 Å². The van der Waals surface area contributed by atoms with E-state index in [0.29, 0.717) is 11.6 Å². The predicted molar refractivity (Wildman–Crippen MR) is 98.6 cm³/mol. The molecule has 0 saturated carbocycles. The predicted octanol–water partition coefficient (Wildman–Crippen LogP) is 4.34. The molecule has 126 valence electrons. The highest BCUT2D eigenvalue weighted by molar-refractivity contribution is 6.30. The number of aryl methyl sites for hydroxylation is 2. The zero-order valence-corrected chi connectivity index (χ0v) is 14.9. The Morgan fingerprint density at radius 2 is 1.75 bits per heavy atom. The molecule has 0 unspecified atom stereocenters. The SMILES string of the molecule is CC(=O)N(CCC(=O)Nc1cc(C)ccc1C)c1ccc(Cl)cc1. The number of nitrogens with zero attached hydrogens (tertiary/aromatic N) is 1. The maximum atomic E-state index is 12.2. The number of halogens is 1. The highest BCUT2D eigenvalue weighted by Crippen LogP contribution is 2.19. The van der Waals surface area contributed by atoms with Gasteiger partial charge in [-0.25, -0.2) is 0 Å². The molecule has 0 aromatic heterocycles. The molecular weight excluding hydrogens is 324 g/mol. The molecule has 0 spiro atoms. The molecule has 2 aromatic carbocycles. The normalized spacial score (nSPS) is 10.3. The molecule has 0 aliphatic rings. The minimum Gasteiger partial charge on any atom is -0.326 e. The second kappa shape index (κ2) is 7.97. The third-order valence-corrected chi connectivity index (χ3v) is 4.00. The third kappa shape index (κ3) is 4.83. The van der Waals surface area contributed by atoms with Crippen molar-refractivity contribution < 1.29 is 9.59 Å². The van der Waals surface area contributed by atoms with Crippen LogP contribution in [0.25, 0.3) is 0 Å². The number of amides is 2. The molecule has 24 heavy (non-hydrogen) atoms. The Balaban J connectivity index is 2.01. The van der Waals surface area contributed by atoms with Crippen LogP contribution in [0.1, 0.15) is 24.5 Å². The minimum atomic E-state index is -0.121. The summed E-state index contributed by atoms with van der Waals surface area (Å²) in [7, 11) is 0. The van der Waals surface area contributed by atoms with Crippen molar-refractivity contribution in [3.8, 4) is 0 Å². The maximum Gasteiger partial charge on any atom is 0.226 e. The van der Waals surface area contributed by atoms with Gasteiger partial charge in [-0.3, -0.25) is 9.59 Å². The summed E-state index contributed by atoms with van der Waals surface area (Å²) in [5, 5.41) is 3.51. The van der Waals surface area contributed by atoms with E-state index in [1.165, 1.54) is 6.92 Å². The molecule has 0 saturated heterocycles. The lowest BCUT2D eigenvalue weighted by Gasteiger charge is -2.21. The van der Waals surface area contributed by atoms with Gasteiger partial charge in [0.05, 0.1) is 0 Å². The number of carbonyl (C=O) groups is 2. The Morgan fingerprint density at radius 3 is 2.38 bits per heavy atom. The molecule has 5 heteroatoms. The Kier molecular flexibility index (Phi) is 5.99. The summed E-state index contributed by atoms with van der Waals surface area (Å²) < 4.78 is 0. The lowest BCUT2D eigenvalue weighted by atomic mass is 10.1. The molecule has 2 rings (SSSR count). The van der Waals surface area contributed by atoms with Gasteiger partial charge >= 0.3 is 0 Å². The summed E-state index contributed by atoms with van der Waals surface area (Å²) >= 11 is 5.87. The van der Waals surface area contributed by atoms with Crippen molar-refractivity contribution in [2.24, 2.45) is 0 Å². The van der Waals surface area contributed by atoms with Gasteiger partial charge in [-0.05, 0) is 55.3 Å². The van der Waals surface area contributed by atoms with Crippen LogP contribution in [-0.4, -0.2) is 18.4 Å². The third-order valence-electron chi connectivity index (χ3n) is 3.75. The first-order valence-electron chi connectivity index (χ1n) is 7.77. The molecule has 0 aliphatic heterocycles. The van der Waals surface area contributed by atoms with E-state index in [4.69, 9.17) is 11.6 Å². The van der Waals surface area contributed by atoms with Gasteiger partial charge < -0.3 is 10.2 Å². The molecule has 0 atom stereocenters. The van der Waals surface area contributed by atoms with Crippen LogP contribution in [0.15, 0.2) is 42.5 Å². The van der Waals surface area contributed by atoms with Gasteiger partial charge in [0.2, 0.25) is 11.8 Å². The van der Waals surface area contributed by atoms with Crippen LogP contribution < -0.4 is 10.2 Å². The fourth-order valence-electron chi connectivity index (χ4n) is 2.39. The van der Waals surface area contributed by atoms with Gasteiger partial charge in [0.1, 0.15) is 0 Å². The summed E-state index contributed by atoms with van der Waals surface area (Å²) in [6.45, 7) is 5.72. The highest BCUT2D eigenvalue weighted by Gasteiger charge is 2.14. The lowest BCUT2D eigenvalue weighted by Crippen LogP contribution is -2.32. The average molecular weight is 345 g/mol. The smallest absolute Gasteiger partial charge is 0.226 e. The summed E-state index contributed by atoms with van der Waals surface area (Å²) in [6.07, 6.45) is 0.218. The summed E-state index contributed by atoms with van der Waals surface area (Å²) in [6, 6.07) is 12.9. The van der Waals surface area contributed by atoms with Crippen molar-refractivity contribution >= 4 is 34.8 Å². The fraction of sp³-hybridized carbons (Fsp3) is 0.263. The summed E-state index contributed by atoms with van der Waals surface area (Å²) in [4.78, 5) is 25.6. The van der Waals surface area contributed by atoms with Crippen LogP contribution >= 0.6 is 11.6 Å². The van der Waals surface area contributed by atoms with Crippen LogP contribution in [0.4, 0.5) is 11.4 Å². The van der Waals surface area contributed by atoms with Crippen LogP contribution in [0, 0.1) is 13.8 Å². The topological polar surface area (TPSA) is 49.4 Å². The zero-order chi connectivity index (χ0) is 17.7. The number of hydrogen-bond acceptors (Lipinski definition) is 2. The van der Waals surface area contributed by atoms with Crippen LogP contribution in [-0.2, 0) is 9.59 Å². The summed E-state index contributed by atoms with van der Waals surface area (Å²) in [5.41, 5.74) is 3.63. The Morgan fingerprint density at radius 1 is 1.08 bits per heavy atom. The molecule has 2 aromatic rings.